The number of thioether (sulfide) groups is 1. The van der Waals surface area contributed by atoms with Crippen LogP contribution in [0.3, 0.4) is 0 Å². The summed E-state index contributed by atoms with van der Waals surface area (Å²) in [5, 5.41) is 3.15. The summed E-state index contributed by atoms with van der Waals surface area (Å²) in [6.45, 7) is 11.0. The van der Waals surface area contributed by atoms with Gasteiger partial charge in [-0.1, -0.05) is 42.5 Å². The molecule has 0 atom stereocenters. The zero-order valence-electron chi connectivity index (χ0n) is 20.9. The fourth-order valence-electron chi connectivity index (χ4n) is 3.90. The largest absolute Gasteiger partial charge is 0.490 e. The molecule has 0 aliphatic carbocycles. The van der Waals surface area contributed by atoms with Gasteiger partial charge in [-0.25, -0.2) is 0 Å². The molecule has 1 fully saturated rings. The van der Waals surface area contributed by atoms with Crippen LogP contribution in [0.4, 0.5) is 0 Å². The summed E-state index contributed by atoms with van der Waals surface area (Å²) >= 11 is 1.43. The van der Waals surface area contributed by atoms with Gasteiger partial charge < -0.3 is 9.47 Å². The summed E-state index contributed by atoms with van der Waals surface area (Å²) in [7, 11) is 0. The number of hydrogen-bond acceptors (Lipinski definition) is 5. The predicted octanol–water partition coefficient (Wildman–Crippen LogP) is 6.91. The van der Waals surface area contributed by atoms with Crippen molar-refractivity contribution in [2.24, 2.45) is 4.99 Å². The van der Waals surface area contributed by atoms with E-state index in [9.17, 15) is 4.79 Å². The molecule has 35 heavy (non-hydrogen) atoms. The fraction of sp³-hybridized carbons (Fsp3) is 0.310. The first-order chi connectivity index (χ1) is 16.9. The smallest absolute Gasteiger partial charge is 0.266 e. The van der Waals surface area contributed by atoms with Gasteiger partial charge in [-0.15, -0.1) is 0 Å². The van der Waals surface area contributed by atoms with Crippen molar-refractivity contribution in [3.8, 4) is 11.5 Å². The molecular formula is C29H32N2O3S. The summed E-state index contributed by atoms with van der Waals surface area (Å²) in [4.78, 5) is 20.1. The number of rotatable bonds is 8. The van der Waals surface area contributed by atoms with Gasteiger partial charge in [0.2, 0.25) is 0 Å². The molecule has 0 spiro atoms. The highest BCUT2D eigenvalue weighted by Gasteiger charge is 2.35. The summed E-state index contributed by atoms with van der Waals surface area (Å²) in [6.07, 6.45) is 1.90. The average molecular weight is 489 g/mol. The maximum atomic E-state index is 13.1. The molecule has 1 amide bonds. The molecule has 1 aliphatic heterocycles. The number of benzene rings is 3. The first-order valence-corrected chi connectivity index (χ1v) is 12.9. The molecule has 0 N–H and O–H groups in total. The number of fused-ring (bicyclic) bond motifs is 1. The quantitative estimate of drug-likeness (QED) is 0.323. The van der Waals surface area contributed by atoms with Gasteiger partial charge >= 0.3 is 0 Å². The fourth-order valence-corrected chi connectivity index (χ4v) is 5.13. The first kappa shape index (κ1) is 24.9. The van der Waals surface area contributed by atoms with Crippen molar-refractivity contribution in [1.29, 1.82) is 0 Å². The van der Waals surface area contributed by atoms with Crippen molar-refractivity contribution in [2.75, 3.05) is 6.61 Å². The summed E-state index contributed by atoms with van der Waals surface area (Å²) in [5.41, 5.74) is 1.98. The van der Waals surface area contributed by atoms with Crippen LogP contribution in [-0.4, -0.2) is 34.7 Å². The molecule has 0 aromatic heterocycles. The van der Waals surface area contributed by atoms with Crippen LogP contribution in [0, 0.1) is 0 Å². The third-order valence-electron chi connectivity index (χ3n) is 5.50. The van der Waals surface area contributed by atoms with E-state index >= 15 is 0 Å². The molecule has 182 valence electrons. The van der Waals surface area contributed by atoms with Crippen LogP contribution in [0.15, 0.2) is 70.6 Å². The molecule has 3 aromatic rings. The van der Waals surface area contributed by atoms with E-state index in [1.807, 2.05) is 71.0 Å². The number of ether oxygens (including phenoxy) is 2. The van der Waals surface area contributed by atoms with Gasteiger partial charge in [0.05, 0.1) is 11.5 Å². The van der Waals surface area contributed by atoms with Gasteiger partial charge in [-0.2, -0.15) is 0 Å². The summed E-state index contributed by atoms with van der Waals surface area (Å²) < 4.78 is 12.0. The van der Waals surface area contributed by atoms with E-state index < -0.39 is 0 Å². The van der Waals surface area contributed by atoms with E-state index in [1.54, 1.807) is 4.90 Å². The standard InChI is InChI=1S/C29H32N2O3S/c1-6-33-26-16-21(17-27-28(32)31(20(4)5)29(35-27)30-19(2)3)12-14-25(26)34-18-22-11-13-23-9-7-8-10-24(23)15-22/h7-17,19-20H,6,18H2,1-5H3/b27-17+,30-29?. The minimum atomic E-state index is -0.0148. The maximum Gasteiger partial charge on any atom is 0.266 e. The van der Waals surface area contributed by atoms with Gasteiger partial charge in [0, 0.05) is 12.1 Å². The van der Waals surface area contributed by atoms with Crippen LogP contribution in [0.2, 0.25) is 0 Å². The number of aliphatic imine (C=N–C) groups is 1. The highest BCUT2D eigenvalue weighted by Crippen LogP contribution is 2.36. The van der Waals surface area contributed by atoms with E-state index in [1.165, 1.54) is 22.5 Å². The zero-order valence-corrected chi connectivity index (χ0v) is 21.8. The van der Waals surface area contributed by atoms with Crippen molar-refractivity contribution < 1.29 is 14.3 Å². The molecule has 0 bridgehead atoms. The molecular weight excluding hydrogens is 456 g/mol. The van der Waals surface area contributed by atoms with Crippen LogP contribution in [-0.2, 0) is 11.4 Å². The zero-order chi connectivity index (χ0) is 24.9. The lowest BCUT2D eigenvalue weighted by molar-refractivity contribution is -0.123. The van der Waals surface area contributed by atoms with Crippen molar-refractivity contribution in [1.82, 2.24) is 4.90 Å². The topological polar surface area (TPSA) is 51.1 Å². The van der Waals surface area contributed by atoms with Gasteiger partial charge in [-0.05, 0) is 92.6 Å². The number of amides is 1. The molecule has 4 rings (SSSR count). The van der Waals surface area contributed by atoms with Gasteiger partial charge in [0.15, 0.2) is 16.7 Å². The van der Waals surface area contributed by atoms with Crippen LogP contribution in [0.1, 0.15) is 45.7 Å². The minimum absolute atomic E-state index is 0.0148. The molecule has 1 saturated heterocycles. The monoisotopic (exact) mass is 488 g/mol. The number of carbonyl (C=O) groups excluding carboxylic acids is 1. The predicted molar refractivity (Wildman–Crippen MR) is 146 cm³/mol. The molecule has 0 unspecified atom stereocenters. The normalized spacial score (nSPS) is 16.3. The van der Waals surface area contributed by atoms with Crippen LogP contribution in [0.25, 0.3) is 16.8 Å². The van der Waals surface area contributed by atoms with E-state index in [4.69, 9.17) is 9.47 Å². The Kier molecular flexibility index (Phi) is 7.81. The van der Waals surface area contributed by atoms with Gasteiger partial charge in [0.25, 0.3) is 5.91 Å². The van der Waals surface area contributed by atoms with Crippen molar-refractivity contribution >= 4 is 39.7 Å². The maximum absolute atomic E-state index is 13.1. The van der Waals surface area contributed by atoms with Crippen LogP contribution >= 0.6 is 11.8 Å². The lowest BCUT2D eigenvalue weighted by atomic mass is 10.1. The third kappa shape index (κ3) is 5.88. The number of hydrogen-bond donors (Lipinski definition) is 0. The molecule has 1 aliphatic rings. The number of amidine groups is 1. The highest BCUT2D eigenvalue weighted by atomic mass is 32.2. The number of nitrogens with zero attached hydrogens (tertiary/aromatic N) is 2. The molecule has 5 nitrogen and oxygen atoms in total. The van der Waals surface area contributed by atoms with Crippen molar-refractivity contribution in [3.63, 3.8) is 0 Å². The number of carbonyl (C=O) groups is 1. The Labute approximate surface area is 211 Å². The van der Waals surface area contributed by atoms with E-state index in [-0.39, 0.29) is 18.0 Å². The Morgan fingerprint density at radius 2 is 1.71 bits per heavy atom. The molecule has 1 heterocycles. The Balaban J connectivity index is 1.55. The highest BCUT2D eigenvalue weighted by molar-refractivity contribution is 8.18. The summed E-state index contributed by atoms with van der Waals surface area (Å²) in [5.74, 6) is 1.33. The van der Waals surface area contributed by atoms with Crippen LogP contribution < -0.4 is 9.47 Å². The van der Waals surface area contributed by atoms with E-state index in [0.717, 1.165) is 16.3 Å². The van der Waals surface area contributed by atoms with Crippen molar-refractivity contribution in [3.05, 3.63) is 76.7 Å². The van der Waals surface area contributed by atoms with Crippen LogP contribution in [0.5, 0.6) is 11.5 Å². The summed E-state index contributed by atoms with van der Waals surface area (Å²) in [6, 6.07) is 20.6. The Bertz CT molecular complexity index is 1280. The molecule has 6 heteroatoms. The third-order valence-corrected chi connectivity index (χ3v) is 6.49. The lowest BCUT2D eigenvalue weighted by Crippen LogP contribution is -2.35. The van der Waals surface area contributed by atoms with Gasteiger partial charge in [-0.3, -0.25) is 14.7 Å². The lowest BCUT2D eigenvalue weighted by Gasteiger charge is -2.20. The average Bonchev–Trinajstić information content (AvgIpc) is 3.12. The Hall–Kier alpha value is -3.25. The van der Waals surface area contributed by atoms with E-state index in [2.05, 4.69) is 35.3 Å². The molecule has 3 aromatic carbocycles. The first-order valence-electron chi connectivity index (χ1n) is 12.0. The van der Waals surface area contributed by atoms with Crippen molar-refractivity contribution in [2.45, 2.75) is 53.3 Å². The molecule has 0 radical (unpaired) electrons. The Morgan fingerprint density at radius 3 is 2.43 bits per heavy atom. The second-order valence-electron chi connectivity index (χ2n) is 8.99. The SMILES string of the molecule is CCOc1cc(/C=C2/SC(=NC(C)C)N(C(C)C)C2=O)ccc1OCc1ccc2ccccc2c1. The molecule has 0 saturated carbocycles. The Morgan fingerprint density at radius 1 is 0.943 bits per heavy atom. The van der Waals surface area contributed by atoms with Gasteiger partial charge in [0.1, 0.15) is 6.61 Å². The minimum Gasteiger partial charge on any atom is -0.490 e. The van der Waals surface area contributed by atoms with E-state index in [0.29, 0.717) is 29.6 Å². The second-order valence-corrected chi connectivity index (χ2v) is 10.0. The second kappa shape index (κ2) is 11.0.